The van der Waals surface area contributed by atoms with Gasteiger partial charge in [0.2, 0.25) is 0 Å². The van der Waals surface area contributed by atoms with Crippen molar-refractivity contribution in [3.8, 4) is 0 Å². The van der Waals surface area contributed by atoms with Gasteiger partial charge in [0.15, 0.2) is 12.2 Å². The molecule has 5 rings (SSSR count). The molecule has 0 aromatic heterocycles. The van der Waals surface area contributed by atoms with Crippen LogP contribution in [-0.2, 0) is 37.6 Å². The fourth-order valence-electron chi connectivity index (χ4n) is 2.98. The van der Waals surface area contributed by atoms with Gasteiger partial charge >= 0.3 is 11.9 Å². The molecule has 38 heavy (non-hydrogen) atoms. The van der Waals surface area contributed by atoms with Gasteiger partial charge in [-0.25, -0.2) is 9.59 Å². The first-order valence-electron chi connectivity index (χ1n) is 12.1. The van der Waals surface area contributed by atoms with Crippen molar-refractivity contribution < 1.29 is 47.8 Å². The summed E-state index contributed by atoms with van der Waals surface area (Å²) in [4.78, 5) is 20.2. The number of benzene rings is 3. The van der Waals surface area contributed by atoms with Crippen LogP contribution in [0.25, 0.3) is 0 Å². The number of carboxylic acid groups (broad SMARTS) is 2. The first-order chi connectivity index (χ1) is 17.8. The zero-order chi connectivity index (χ0) is 27.3. The van der Waals surface area contributed by atoms with E-state index in [0.29, 0.717) is 26.1 Å². The Morgan fingerprint density at radius 2 is 0.842 bits per heavy atom. The Hall–Kier alpha value is -3.29. The normalized spacial score (nSPS) is 16.6. The molecule has 0 aliphatic carbocycles. The van der Waals surface area contributed by atoms with Gasteiger partial charge < -0.3 is 19.7 Å². The predicted molar refractivity (Wildman–Crippen MR) is 146 cm³/mol. The third-order valence-corrected chi connectivity index (χ3v) is 4.94. The summed E-state index contributed by atoms with van der Waals surface area (Å²) in [6.07, 6.45) is 2.09. The van der Waals surface area contributed by atoms with E-state index >= 15 is 0 Å². The van der Waals surface area contributed by atoms with Crippen molar-refractivity contribution in [2.24, 2.45) is 0 Å². The van der Waals surface area contributed by atoms with Crippen molar-refractivity contribution >= 4 is 11.9 Å². The molecular formula is C31H37O6V-3. The topological polar surface area (TPSA) is 93.1 Å². The van der Waals surface area contributed by atoms with E-state index in [1.54, 1.807) is 0 Å². The molecule has 0 amide bonds. The molecule has 1 radical (unpaired) electrons. The standard InChI is InChI=1S/3C7H7.2C5H8O3.V/c3*1-7-5-3-2-4-6-7;2*6-5(7)4-2-1-3-8-4;/h3*2-6H,1H2;2*4H,1-3H2,(H,6,7);/q3*-1;;;. The second-order valence-electron chi connectivity index (χ2n) is 8.14. The van der Waals surface area contributed by atoms with Gasteiger partial charge in [-0.1, -0.05) is 18.2 Å². The Bertz CT molecular complexity index is 856. The summed E-state index contributed by atoms with van der Waals surface area (Å²) < 4.78 is 9.63. The van der Waals surface area contributed by atoms with Gasteiger partial charge in [0.05, 0.1) is 0 Å². The molecule has 2 aliphatic heterocycles. The van der Waals surface area contributed by atoms with Crippen LogP contribution in [0, 0.1) is 20.8 Å². The van der Waals surface area contributed by atoms with E-state index in [-0.39, 0.29) is 18.6 Å². The summed E-state index contributed by atoms with van der Waals surface area (Å²) in [7, 11) is 0. The van der Waals surface area contributed by atoms with Crippen LogP contribution in [0.1, 0.15) is 42.4 Å². The van der Waals surface area contributed by atoms with Crippen LogP contribution in [0.5, 0.6) is 0 Å². The van der Waals surface area contributed by atoms with Gasteiger partial charge in [-0.15, -0.1) is 36.4 Å². The smallest absolute Gasteiger partial charge is 0.332 e. The van der Waals surface area contributed by atoms with Crippen LogP contribution >= 0.6 is 0 Å². The van der Waals surface area contributed by atoms with Crippen LogP contribution in [0.3, 0.4) is 0 Å². The van der Waals surface area contributed by atoms with E-state index in [1.807, 2.05) is 91.0 Å². The number of carbonyl (C=O) groups is 2. The zero-order valence-electron chi connectivity index (χ0n) is 21.7. The van der Waals surface area contributed by atoms with Crippen molar-refractivity contribution in [2.45, 2.75) is 37.9 Å². The van der Waals surface area contributed by atoms with E-state index in [2.05, 4.69) is 20.8 Å². The summed E-state index contributed by atoms with van der Waals surface area (Å²) in [6.45, 7) is 12.4. The summed E-state index contributed by atoms with van der Waals surface area (Å²) in [5.74, 6) is -1.66. The molecule has 2 heterocycles. The first-order valence-corrected chi connectivity index (χ1v) is 12.1. The van der Waals surface area contributed by atoms with E-state index in [0.717, 1.165) is 29.5 Å². The summed E-state index contributed by atoms with van der Waals surface area (Å²) in [5.41, 5.74) is 3.22. The minimum Gasteiger partial charge on any atom is -0.479 e. The predicted octanol–water partition coefficient (Wildman–Crippen LogP) is 6.10. The van der Waals surface area contributed by atoms with Gasteiger partial charge in [-0.3, -0.25) is 0 Å². The first kappa shape index (κ1) is 34.7. The molecule has 2 aliphatic rings. The monoisotopic (exact) mass is 556 g/mol. The van der Waals surface area contributed by atoms with E-state index in [4.69, 9.17) is 19.7 Å². The third kappa shape index (κ3) is 18.0. The Kier molecular flexibility index (Phi) is 19.9. The number of ether oxygens (including phenoxy) is 2. The molecular weight excluding hydrogens is 519 g/mol. The number of rotatable bonds is 2. The van der Waals surface area contributed by atoms with Gasteiger partial charge in [0.1, 0.15) is 0 Å². The molecule has 0 saturated carbocycles. The molecule has 6 nitrogen and oxygen atoms in total. The molecule has 3 aromatic rings. The molecule has 0 bridgehead atoms. The number of carboxylic acids is 2. The van der Waals surface area contributed by atoms with Crippen molar-refractivity contribution in [2.75, 3.05) is 13.2 Å². The van der Waals surface area contributed by atoms with E-state index in [1.165, 1.54) is 0 Å². The van der Waals surface area contributed by atoms with Crippen molar-refractivity contribution in [1.82, 2.24) is 0 Å². The Labute approximate surface area is 238 Å². The Morgan fingerprint density at radius 1 is 0.579 bits per heavy atom. The zero-order valence-corrected chi connectivity index (χ0v) is 23.1. The minimum atomic E-state index is -0.831. The molecule has 205 valence electrons. The molecule has 2 atom stereocenters. The second-order valence-corrected chi connectivity index (χ2v) is 8.14. The number of hydrogen-bond acceptors (Lipinski definition) is 4. The molecule has 3 aromatic carbocycles. The summed E-state index contributed by atoms with van der Waals surface area (Å²) in [6, 6.07) is 29.6. The fraction of sp³-hybridized carbons (Fsp3) is 0.258. The number of hydrogen-bond donors (Lipinski definition) is 2. The van der Waals surface area contributed by atoms with E-state index in [9.17, 15) is 9.59 Å². The van der Waals surface area contributed by atoms with Crippen LogP contribution in [0.4, 0.5) is 0 Å². The van der Waals surface area contributed by atoms with Crippen molar-refractivity contribution in [3.63, 3.8) is 0 Å². The average molecular weight is 557 g/mol. The Balaban J connectivity index is 0.000000448. The third-order valence-electron chi connectivity index (χ3n) is 4.94. The maximum absolute atomic E-state index is 10.1. The van der Waals surface area contributed by atoms with Gasteiger partial charge in [0.25, 0.3) is 0 Å². The van der Waals surface area contributed by atoms with E-state index < -0.39 is 24.1 Å². The minimum absolute atomic E-state index is 0. The van der Waals surface area contributed by atoms with Gasteiger partial charge in [0, 0.05) is 31.8 Å². The SMILES string of the molecule is O=C(O)C1CCCO1.O=C(O)C1CCCO1.[CH2-]c1ccccc1.[CH2-]c1ccccc1.[CH2-]c1ccccc1.[V]. The second kappa shape index (κ2) is 21.8. The van der Waals surface area contributed by atoms with Crippen LogP contribution in [0.15, 0.2) is 91.0 Å². The van der Waals surface area contributed by atoms with Crippen molar-refractivity contribution in [1.29, 1.82) is 0 Å². The largest absolute Gasteiger partial charge is 0.479 e. The molecule has 2 unspecified atom stereocenters. The molecule has 2 fully saturated rings. The maximum atomic E-state index is 10.1. The molecule has 0 spiro atoms. The van der Waals surface area contributed by atoms with Crippen LogP contribution in [-0.4, -0.2) is 47.6 Å². The maximum Gasteiger partial charge on any atom is 0.332 e. The Morgan fingerprint density at radius 3 is 0.947 bits per heavy atom. The van der Waals surface area contributed by atoms with Gasteiger partial charge in [-0.05, 0) is 25.7 Å². The van der Waals surface area contributed by atoms with Crippen LogP contribution in [0.2, 0.25) is 0 Å². The number of aliphatic carboxylic acids is 2. The molecule has 7 heteroatoms. The fourth-order valence-corrected chi connectivity index (χ4v) is 2.98. The van der Waals surface area contributed by atoms with Gasteiger partial charge in [-0.2, -0.15) is 73.9 Å². The van der Waals surface area contributed by atoms with Crippen molar-refractivity contribution in [3.05, 3.63) is 128 Å². The average Bonchev–Trinajstić information content (AvgIpc) is 3.62. The summed E-state index contributed by atoms with van der Waals surface area (Å²) in [5, 5.41) is 16.6. The molecule has 2 saturated heterocycles. The summed E-state index contributed by atoms with van der Waals surface area (Å²) >= 11 is 0. The van der Waals surface area contributed by atoms with Crippen LogP contribution < -0.4 is 0 Å². The molecule has 2 N–H and O–H groups in total. The quantitative estimate of drug-likeness (QED) is 0.371.